The summed E-state index contributed by atoms with van der Waals surface area (Å²) in [6.07, 6.45) is 0. The zero-order valence-corrected chi connectivity index (χ0v) is 8.24. The maximum Gasteiger partial charge on any atom is 0.321 e. The maximum atomic E-state index is 9.97. The van der Waals surface area contributed by atoms with Crippen molar-refractivity contribution in [3.05, 3.63) is 0 Å². The van der Waals surface area contributed by atoms with E-state index < -0.39 is 20.5 Å². The van der Waals surface area contributed by atoms with Gasteiger partial charge in [0.1, 0.15) is 6.04 Å². The van der Waals surface area contributed by atoms with Crippen molar-refractivity contribution in [2.75, 3.05) is 0 Å². The van der Waals surface area contributed by atoms with Gasteiger partial charge in [0, 0.05) is 5.25 Å². The van der Waals surface area contributed by atoms with E-state index in [1.165, 1.54) is 0 Å². The highest BCUT2D eigenvalue weighted by atomic mass is 32.1. The Morgan fingerprint density at radius 2 is 1.83 bits per heavy atom. The lowest BCUT2D eigenvalue weighted by atomic mass is 10.2. The zero-order valence-electron chi connectivity index (χ0n) is 6.45. The fourth-order valence-electron chi connectivity index (χ4n) is 0.206. The normalized spacial score (nSPS) is 14.6. The topological polar surface area (TPSA) is 130 Å². The molecule has 0 aromatic heterocycles. The van der Waals surface area contributed by atoms with Crippen LogP contribution >= 0.6 is 21.2 Å². The van der Waals surface area contributed by atoms with E-state index >= 15 is 0 Å². The fourth-order valence-corrected chi connectivity index (χ4v) is 0.334. The van der Waals surface area contributed by atoms with Crippen molar-refractivity contribution < 1.29 is 19.7 Å². The summed E-state index contributed by atoms with van der Waals surface area (Å²) >= 11 is 3.83. The number of carboxylic acids is 1. The summed E-state index contributed by atoms with van der Waals surface area (Å²) < 4.78 is 0. The zero-order chi connectivity index (χ0) is 10.3. The molecule has 0 radical (unpaired) electrons. The van der Waals surface area contributed by atoms with Crippen LogP contribution in [0.15, 0.2) is 0 Å². The van der Waals surface area contributed by atoms with Crippen molar-refractivity contribution >= 4 is 27.1 Å². The molecule has 2 atom stereocenters. The Morgan fingerprint density at radius 3 is 1.83 bits per heavy atom. The second-order valence-electron chi connectivity index (χ2n) is 1.93. The number of aliphatic carboxylic acids is 1. The van der Waals surface area contributed by atoms with Crippen LogP contribution in [0.3, 0.4) is 0 Å². The van der Waals surface area contributed by atoms with E-state index in [9.17, 15) is 4.79 Å². The van der Waals surface area contributed by atoms with Gasteiger partial charge < -0.3 is 20.6 Å². The summed E-state index contributed by atoms with van der Waals surface area (Å²) in [4.78, 5) is 24.9. The van der Waals surface area contributed by atoms with Crippen LogP contribution < -0.4 is 11.2 Å². The van der Waals surface area contributed by atoms with Crippen LogP contribution in [0.25, 0.3) is 0 Å². The second-order valence-corrected chi connectivity index (χ2v) is 3.38. The molecule has 0 aromatic carbocycles. The number of nitrogens with two attached hydrogens (primary N) is 2. The van der Waals surface area contributed by atoms with Crippen molar-refractivity contribution in [1.29, 1.82) is 0 Å². The first-order valence-electron chi connectivity index (χ1n) is 2.88. The Kier molecular flexibility index (Phi) is 9.40. The molecule has 0 saturated heterocycles. The largest absolute Gasteiger partial charge is 0.480 e. The molecule has 0 rings (SSSR count). The highest BCUT2D eigenvalue weighted by Gasteiger charge is 2.15. The van der Waals surface area contributed by atoms with Gasteiger partial charge in [0.15, 0.2) is 0 Å². The van der Waals surface area contributed by atoms with Crippen LogP contribution in [0.1, 0.15) is 6.92 Å². The molecule has 0 heterocycles. The van der Waals surface area contributed by atoms with Crippen LogP contribution in [0.5, 0.6) is 0 Å². The maximum absolute atomic E-state index is 9.97. The Bertz CT molecular complexity index is 131. The van der Waals surface area contributed by atoms with Gasteiger partial charge in [-0.2, -0.15) is 12.6 Å². The van der Waals surface area contributed by atoms with Crippen LogP contribution in [-0.2, 0) is 4.79 Å². The number of carboxylic acid groups (broad SMARTS) is 1. The molecule has 0 aliphatic carbocycles. The van der Waals surface area contributed by atoms with E-state index in [4.69, 9.17) is 20.6 Å². The third-order valence-electron chi connectivity index (χ3n) is 0.805. The van der Waals surface area contributed by atoms with Gasteiger partial charge in [-0.15, -0.1) is 0 Å². The summed E-state index contributed by atoms with van der Waals surface area (Å²) in [5, 5.41) is 7.89. The van der Waals surface area contributed by atoms with Crippen LogP contribution in [0.4, 0.5) is 0 Å². The van der Waals surface area contributed by atoms with E-state index in [-0.39, 0.29) is 5.25 Å². The molecule has 7 N–H and O–H groups in total. The molecule has 0 fully saturated rings. The van der Waals surface area contributed by atoms with Gasteiger partial charge in [-0.1, -0.05) is 6.92 Å². The highest BCUT2D eigenvalue weighted by molar-refractivity contribution is 7.81. The van der Waals surface area contributed by atoms with E-state index in [0.717, 1.165) is 0 Å². The molecule has 0 spiro atoms. The highest BCUT2D eigenvalue weighted by Crippen LogP contribution is 2.05. The molecule has 0 amide bonds. The Morgan fingerprint density at radius 1 is 1.58 bits per heavy atom. The molecule has 8 heteroatoms. The van der Waals surface area contributed by atoms with E-state index in [2.05, 4.69) is 18.1 Å². The molecule has 2 unspecified atom stereocenters. The molecular formula is C4H13N2O4PS. The van der Waals surface area contributed by atoms with Gasteiger partial charge in [-0.05, 0) is 0 Å². The number of rotatable bonds is 2. The third kappa shape index (κ3) is 12.7. The summed E-state index contributed by atoms with van der Waals surface area (Å²) in [5.41, 5.74) is 9.37. The molecule has 0 bridgehead atoms. The van der Waals surface area contributed by atoms with Gasteiger partial charge in [0.25, 0.3) is 0 Å². The fraction of sp³-hybridized carbons (Fsp3) is 0.750. The number of hydrogen-bond acceptors (Lipinski definition) is 6. The molecule has 74 valence electrons. The molecule has 0 saturated carbocycles. The average molecular weight is 216 g/mol. The lowest BCUT2D eigenvalue weighted by Gasteiger charge is -2.07. The Labute approximate surface area is 76.9 Å². The molecule has 6 nitrogen and oxygen atoms in total. The first kappa shape index (κ1) is 14.6. The van der Waals surface area contributed by atoms with Gasteiger partial charge >= 0.3 is 5.97 Å². The lowest BCUT2D eigenvalue weighted by Crippen LogP contribution is -2.37. The molecule has 0 aromatic rings. The lowest BCUT2D eigenvalue weighted by molar-refractivity contribution is -0.138. The smallest absolute Gasteiger partial charge is 0.321 e. The van der Waals surface area contributed by atoms with E-state index in [1.54, 1.807) is 6.92 Å². The van der Waals surface area contributed by atoms with Crippen LogP contribution in [0, 0.1) is 0 Å². The number of hydrogen-bond donors (Lipinski definition) is 6. The minimum Gasteiger partial charge on any atom is -0.480 e. The number of carbonyl (C=O) groups is 1. The quantitative estimate of drug-likeness (QED) is 0.256. The minimum absolute atomic E-state index is 0.285. The van der Waals surface area contributed by atoms with Gasteiger partial charge in [-0.3, -0.25) is 10.3 Å². The Hall–Kier alpha value is 0.0900. The Balaban J connectivity index is 0. The molecule has 0 aliphatic rings. The van der Waals surface area contributed by atoms with Crippen LogP contribution in [0.2, 0.25) is 0 Å². The van der Waals surface area contributed by atoms with Crippen molar-refractivity contribution in [2.45, 2.75) is 18.2 Å². The third-order valence-corrected chi connectivity index (χ3v) is 1.13. The van der Waals surface area contributed by atoms with Crippen molar-refractivity contribution in [3.8, 4) is 0 Å². The molecule has 12 heavy (non-hydrogen) atoms. The predicted octanol–water partition coefficient (Wildman–Crippen LogP) is -1.13. The summed E-state index contributed by atoms with van der Waals surface area (Å²) in [5.74, 6) is -1.01. The predicted molar refractivity (Wildman–Crippen MR) is 49.6 cm³/mol. The van der Waals surface area contributed by atoms with Crippen LogP contribution in [-0.4, -0.2) is 32.2 Å². The standard InChI is InChI=1S/C4H9NO2S.H4NO2P/c1-2(8)3(5)4(6)7;1-4(2)3/h2-3,8H,5H2,1H3,(H,6,7);2-3H,1H2. The summed E-state index contributed by atoms with van der Waals surface area (Å²) in [7, 11) is -2.12. The van der Waals surface area contributed by atoms with Crippen molar-refractivity contribution in [1.82, 2.24) is 0 Å². The monoisotopic (exact) mass is 216 g/mol. The van der Waals surface area contributed by atoms with Gasteiger partial charge in [-0.25, -0.2) is 0 Å². The van der Waals surface area contributed by atoms with Crippen molar-refractivity contribution in [3.63, 3.8) is 0 Å². The van der Waals surface area contributed by atoms with Gasteiger partial charge in [0.05, 0.1) is 0 Å². The van der Waals surface area contributed by atoms with Crippen molar-refractivity contribution in [2.24, 2.45) is 11.2 Å². The first-order valence-corrected chi connectivity index (χ1v) is 4.71. The number of thiol groups is 1. The van der Waals surface area contributed by atoms with Gasteiger partial charge in [0.2, 0.25) is 8.53 Å². The first-order chi connectivity index (χ1) is 5.29. The summed E-state index contributed by atoms with van der Waals surface area (Å²) in [6, 6.07) is -0.849. The molecular weight excluding hydrogens is 203 g/mol. The average Bonchev–Trinajstić information content (AvgIpc) is 1.84. The van der Waals surface area contributed by atoms with E-state index in [1.807, 2.05) is 0 Å². The second kappa shape index (κ2) is 7.72. The minimum atomic E-state index is -2.12. The van der Waals surface area contributed by atoms with E-state index in [0.29, 0.717) is 0 Å². The SMILES string of the molecule is CC(S)C(N)C(=O)O.NP(O)O. The molecule has 0 aliphatic heterocycles. The summed E-state index contributed by atoms with van der Waals surface area (Å²) in [6.45, 7) is 1.64.